The van der Waals surface area contributed by atoms with E-state index in [0.29, 0.717) is 19.4 Å². The first-order valence-electron chi connectivity index (χ1n) is 5.61. The minimum Gasteiger partial charge on any atom is -0.332 e. The summed E-state index contributed by atoms with van der Waals surface area (Å²) in [7, 11) is 0. The van der Waals surface area contributed by atoms with Gasteiger partial charge in [-0.2, -0.15) is 0 Å². The van der Waals surface area contributed by atoms with E-state index in [4.69, 9.17) is 0 Å². The maximum Gasteiger partial charge on any atom is 0.223 e. The standard InChI is InChI=1S/C12H21NO2/c1-9-7-10(14)8-13(9)11(15)5-6-12(2,3)4/h9H,5-8H2,1-4H3. The quantitative estimate of drug-likeness (QED) is 0.700. The van der Waals surface area contributed by atoms with E-state index in [0.717, 1.165) is 6.42 Å². The SMILES string of the molecule is CC1CC(=O)CN1C(=O)CCC(C)(C)C. The van der Waals surface area contributed by atoms with E-state index in [1.165, 1.54) is 0 Å². The zero-order chi connectivity index (χ0) is 11.6. The molecule has 1 amide bonds. The summed E-state index contributed by atoms with van der Waals surface area (Å²) in [6, 6.07) is 0.102. The van der Waals surface area contributed by atoms with Gasteiger partial charge in [-0.15, -0.1) is 0 Å². The lowest BCUT2D eigenvalue weighted by molar-refractivity contribution is -0.133. The maximum atomic E-state index is 11.8. The molecule has 1 saturated heterocycles. The molecule has 0 aromatic heterocycles. The highest BCUT2D eigenvalue weighted by Crippen LogP contribution is 2.23. The summed E-state index contributed by atoms with van der Waals surface area (Å²) in [4.78, 5) is 24.7. The van der Waals surface area contributed by atoms with Gasteiger partial charge in [-0.05, 0) is 18.8 Å². The molecule has 1 aliphatic rings. The van der Waals surface area contributed by atoms with Gasteiger partial charge in [0, 0.05) is 18.9 Å². The number of carbonyl (C=O) groups excluding carboxylic acids is 2. The zero-order valence-corrected chi connectivity index (χ0v) is 10.2. The van der Waals surface area contributed by atoms with Crippen molar-refractivity contribution < 1.29 is 9.59 Å². The molecular weight excluding hydrogens is 190 g/mol. The van der Waals surface area contributed by atoms with Crippen molar-refractivity contribution in [1.82, 2.24) is 4.90 Å². The first-order chi connectivity index (χ1) is 6.79. The molecule has 3 nitrogen and oxygen atoms in total. The van der Waals surface area contributed by atoms with Gasteiger partial charge in [0.15, 0.2) is 5.78 Å². The first-order valence-corrected chi connectivity index (χ1v) is 5.61. The van der Waals surface area contributed by atoms with Crippen LogP contribution in [-0.4, -0.2) is 29.2 Å². The molecule has 0 aliphatic carbocycles. The van der Waals surface area contributed by atoms with Crippen LogP contribution in [0.25, 0.3) is 0 Å². The summed E-state index contributed by atoms with van der Waals surface area (Å²) in [6.45, 7) is 8.64. The summed E-state index contributed by atoms with van der Waals surface area (Å²) in [5.41, 5.74) is 0.183. The van der Waals surface area contributed by atoms with Crippen molar-refractivity contribution in [1.29, 1.82) is 0 Å². The summed E-state index contributed by atoms with van der Waals surface area (Å²) in [5, 5.41) is 0. The Morgan fingerprint density at radius 3 is 2.47 bits per heavy atom. The summed E-state index contributed by atoms with van der Waals surface area (Å²) in [6.07, 6.45) is 1.96. The van der Waals surface area contributed by atoms with Crippen LogP contribution in [0.2, 0.25) is 0 Å². The lowest BCUT2D eigenvalue weighted by Gasteiger charge is -2.23. The molecule has 0 spiro atoms. The van der Waals surface area contributed by atoms with Crippen molar-refractivity contribution in [3.8, 4) is 0 Å². The van der Waals surface area contributed by atoms with Crippen molar-refractivity contribution in [3.63, 3.8) is 0 Å². The average Bonchev–Trinajstić information content (AvgIpc) is 2.40. The van der Waals surface area contributed by atoms with Crippen LogP contribution in [0.5, 0.6) is 0 Å². The third-order valence-electron chi connectivity index (χ3n) is 2.81. The number of Topliss-reactive ketones (excluding diaryl/α,β-unsaturated/α-hetero) is 1. The molecular formula is C12H21NO2. The number of carbonyl (C=O) groups is 2. The Balaban J connectivity index is 2.44. The third-order valence-corrected chi connectivity index (χ3v) is 2.81. The maximum absolute atomic E-state index is 11.8. The molecule has 0 N–H and O–H groups in total. The molecule has 0 aromatic rings. The predicted molar refractivity (Wildman–Crippen MR) is 59.5 cm³/mol. The zero-order valence-electron chi connectivity index (χ0n) is 10.2. The van der Waals surface area contributed by atoms with E-state index in [1.54, 1.807) is 4.90 Å². The molecule has 15 heavy (non-hydrogen) atoms. The number of nitrogens with zero attached hydrogens (tertiary/aromatic N) is 1. The van der Waals surface area contributed by atoms with E-state index in [-0.39, 0.29) is 23.1 Å². The molecule has 3 heteroatoms. The van der Waals surface area contributed by atoms with Crippen molar-refractivity contribution in [3.05, 3.63) is 0 Å². The predicted octanol–water partition coefficient (Wildman–Crippen LogP) is 2.00. The molecule has 86 valence electrons. The van der Waals surface area contributed by atoms with Gasteiger partial charge in [0.2, 0.25) is 5.91 Å². The van der Waals surface area contributed by atoms with E-state index in [2.05, 4.69) is 20.8 Å². The molecule has 1 fully saturated rings. The van der Waals surface area contributed by atoms with Crippen LogP contribution in [-0.2, 0) is 9.59 Å². The Morgan fingerprint density at radius 2 is 2.07 bits per heavy atom. The molecule has 1 heterocycles. The van der Waals surface area contributed by atoms with Crippen molar-refractivity contribution >= 4 is 11.7 Å². The van der Waals surface area contributed by atoms with Gasteiger partial charge in [0.1, 0.15) is 0 Å². The number of hydrogen-bond donors (Lipinski definition) is 0. The summed E-state index contributed by atoms with van der Waals surface area (Å²) < 4.78 is 0. The molecule has 1 unspecified atom stereocenters. The van der Waals surface area contributed by atoms with Gasteiger partial charge in [-0.3, -0.25) is 9.59 Å². The van der Waals surface area contributed by atoms with Crippen LogP contribution in [0.1, 0.15) is 47.0 Å². The molecule has 1 rings (SSSR count). The van der Waals surface area contributed by atoms with E-state index < -0.39 is 0 Å². The Hall–Kier alpha value is -0.860. The smallest absolute Gasteiger partial charge is 0.223 e. The Morgan fingerprint density at radius 1 is 1.47 bits per heavy atom. The molecule has 0 radical (unpaired) electrons. The minimum atomic E-state index is 0.102. The summed E-state index contributed by atoms with van der Waals surface area (Å²) in [5.74, 6) is 0.315. The summed E-state index contributed by atoms with van der Waals surface area (Å²) >= 11 is 0. The fraction of sp³-hybridized carbons (Fsp3) is 0.833. The lowest BCUT2D eigenvalue weighted by atomic mass is 9.90. The van der Waals surface area contributed by atoms with Crippen LogP contribution >= 0.6 is 0 Å². The van der Waals surface area contributed by atoms with E-state index >= 15 is 0 Å². The van der Waals surface area contributed by atoms with Gasteiger partial charge in [-0.1, -0.05) is 20.8 Å². The number of likely N-dealkylation sites (tertiary alicyclic amines) is 1. The normalized spacial score (nSPS) is 22.3. The largest absolute Gasteiger partial charge is 0.332 e. The fourth-order valence-corrected chi connectivity index (χ4v) is 1.81. The second-order valence-electron chi connectivity index (χ2n) is 5.67. The fourth-order valence-electron chi connectivity index (χ4n) is 1.81. The van der Waals surface area contributed by atoms with Crippen LogP contribution in [0.3, 0.4) is 0 Å². The highest BCUT2D eigenvalue weighted by molar-refractivity contribution is 5.90. The van der Waals surface area contributed by atoms with Gasteiger partial charge in [0.25, 0.3) is 0 Å². The van der Waals surface area contributed by atoms with Crippen molar-refractivity contribution in [2.45, 2.75) is 53.0 Å². The Bertz CT molecular complexity index is 265. The van der Waals surface area contributed by atoms with Crippen LogP contribution in [0.15, 0.2) is 0 Å². The van der Waals surface area contributed by atoms with Gasteiger partial charge in [-0.25, -0.2) is 0 Å². The minimum absolute atomic E-state index is 0.102. The highest BCUT2D eigenvalue weighted by atomic mass is 16.2. The highest BCUT2D eigenvalue weighted by Gasteiger charge is 2.30. The van der Waals surface area contributed by atoms with Crippen LogP contribution < -0.4 is 0 Å². The van der Waals surface area contributed by atoms with Crippen molar-refractivity contribution in [2.75, 3.05) is 6.54 Å². The Labute approximate surface area is 91.8 Å². The second kappa shape index (κ2) is 4.33. The van der Waals surface area contributed by atoms with Crippen LogP contribution in [0, 0.1) is 5.41 Å². The Kier molecular flexibility index (Phi) is 3.53. The topological polar surface area (TPSA) is 37.4 Å². The second-order valence-corrected chi connectivity index (χ2v) is 5.67. The van der Waals surface area contributed by atoms with Crippen LogP contribution in [0.4, 0.5) is 0 Å². The monoisotopic (exact) mass is 211 g/mol. The molecule has 1 atom stereocenters. The number of amides is 1. The van der Waals surface area contributed by atoms with Crippen molar-refractivity contribution in [2.24, 2.45) is 5.41 Å². The van der Waals surface area contributed by atoms with E-state index in [9.17, 15) is 9.59 Å². The molecule has 0 aromatic carbocycles. The first kappa shape index (κ1) is 12.2. The number of rotatable bonds is 2. The molecule has 0 bridgehead atoms. The molecule has 0 saturated carbocycles. The number of ketones is 1. The molecule has 1 aliphatic heterocycles. The number of hydrogen-bond acceptors (Lipinski definition) is 2. The average molecular weight is 211 g/mol. The third kappa shape index (κ3) is 3.65. The van der Waals surface area contributed by atoms with Gasteiger partial charge in [0.05, 0.1) is 6.54 Å². The van der Waals surface area contributed by atoms with Gasteiger partial charge < -0.3 is 4.90 Å². The van der Waals surface area contributed by atoms with Gasteiger partial charge >= 0.3 is 0 Å². The lowest BCUT2D eigenvalue weighted by Crippen LogP contribution is -2.34. The van der Waals surface area contributed by atoms with E-state index in [1.807, 2.05) is 6.92 Å².